The van der Waals surface area contributed by atoms with Gasteiger partial charge in [-0.1, -0.05) is 17.7 Å². The Morgan fingerprint density at radius 2 is 1.87 bits per heavy atom. The number of anilines is 1. The second-order valence-electron chi connectivity index (χ2n) is 9.63. The molecule has 1 saturated heterocycles. The van der Waals surface area contributed by atoms with E-state index in [9.17, 15) is 9.35 Å². The smallest absolute Gasteiger partial charge is 0.262 e. The summed E-state index contributed by atoms with van der Waals surface area (Å²) in [6.07, 6.45) is 10.0. The number of aromatic nitrogens is 6. The van der Waals surface area contributed by atoms with E-state index in [0.717, 1.165) is 48.4 Å². The first-order valence-corrected chi connectivity index (χ1v) is 14.1. The van der Waals surface area contributed by atoms with Gasteiger partial charge in [-0.15, -0.1) is 4.31 Å². The maximum atomic E-state index is 13.3. The van der Waals surface area contributed by atoms with Crippen LogP contribution in [0.2, 0.25) is 0 Å². The number of rotatable bonds is 7. The van der Waals surface area contributed by atoms with Gasteiger partial charge in [-0.25, -0.2) is 14.2 Å². The zero-order chi connectivity index (χ0) is 26.8. The molecule has 0 spiro atoms. The molecule has 11 heteroatoms. The Morgan fingerprint density at radius 1 is 1.10 bits per heavy atom. The first-order valence-electron chi connectivity index (χ1n) is 12.8. The van der Waals surface area contributed by atoms with Crippen LogP contribution in [0.15, 0.2) is 79.5 Å². The first-order chi connectivity index (χ1) is 19.0. The number of piperidine rings is 1. The number of fused-ring (bicyclic) bond motifs is 1. The molecule has 1 fully saturated rings. The fraction of sp³-hybridized carbons (Fsp3) is 0.250. The summed E-state index contributed by atoms with van der Waals surface area (Å²) in [5.74, 6) is 0.965. The molecular weight excluding hydrogens is 512 g/mol. The number of nitrogens with one attached hydrogen (secondary N) is 1. The zero-order valence-electron chi connectivity index (χ0n) is 21.5. The minimum absolute atomic E-state index is 0.195. The van der Waals surface area contributed by atoms with Gasteiger partial charge >= 0.3 is 0 Å². The second kappa shape index (κ2) is 11.0. The minimum Gasteiger partial charge on any atom is -0.598 e. The van der Waals surface area contributed by atoms with Crippen molar-refractivity contribution in [1.29, 1.82) is 0 Å². The van der Waals surface area contributed by atoms with E-state index >= 15 is 0 Å². The van der Waals surface area contributed by atoms with Crippen LogP contribution in [0.4, 0.5) is 5.82 Å². The topological polar surface area (TPSA) is 116 Å². The van der Waals surface area contributed by atoms with Crippen molar-refractivity contribution >= 4 is 28.7 Å². The maximum Gasteiger partial charge on any atom is 0.262 e. The maximum absolute atomic E-state index is 13.3. The molecule has 1 unspecified atom stereocenters. The minimum atomic E-state index is -1.09. The molecule has 198 valence electrons. The summed E-state index contributed by atoms with van der Waals surface area (Å²) in [7, 11) is 0. The van der Waals surface area contributed by atoms with Gasteiger partial charge in [-0.3, -0.25) is 9.78 Å². The van der Waals surface area contributed by atoms with Gasteiger partial charge in [0.05, 0.1) is 17.6 Å². The number of hydrogen-bond donors (Lipinski definition) is 1. The monoisotopic (exact) mass is 540 g/mol. The van der Waals surface area contributed by atoms with Crippen LogP contribution in [0.5, 0.6) is 0 Å². The normalized spacial score (nSPS) is 15.4. The van der Waals surface area contributed by atoms with Crippen molar-refractivity contribution in [2.45, 2.75) is 31.4 Å². The summed E-state index contributed by atoms with van der Waals surface area (Å²) < 4.78 is 18.3. The van der Waals surface area contributed by atoms with Crippen molar-refractivity contribution in [1.82, 2.24) is 33.7 Å². The van der Waals surface area contributed by atoms with E-state index in [0.29, 0.717) is 22.8 Å². The van der Waals surface area contributed by atoms with E-state index in [1.165, 1.54) is 6.20 Å². The highest BCUT2D eigenvalue weighted by Gasteiger charge is 2.30. The van der Waals surface area contributed by atoms with Gasteiger partial charge in [0.1, 0.15) is 11.4 Å². The number of aryl methyl sites for hydroxylation is 1. The van der Waals surface area contributed by atoms with E-state index in [1.807, 2.05) is 53.7 Å². The van der Waals surface area contributed by atoms with Gasteiger partial charge in [0, 0.05) is 66.8 Å². The largest absolute Gasteiger partial charge is 0.598 e. The van der Waals surface area contributed by atoms with Crippen LogP contribution < -0.4 is 5.32 Å². The van der Waals surface area contributed by atoms with Gasteiger partial charge in [0.2, 0.25) is 0 Å². The molecule has 1 aliphatic rings. The zero-order valence-corrected chi connectivity index (χ0v) is 22.3. The molecule has 39 heavy (non-hydrogen) atoms. The molecule has 0 bridgehead atoms. The molecule has 4 aromatic heterocycles. The molecule has 1 aliphatic heterocycles. The summed E-state index contributed by atoms with van der Waals surface area (Å²) in [6, 6.07) is 15.5. The Morgan fingerprint density at radius 3 is 2.64 bits per heavy atom. The number of benzene rings is 1. The molecule has 0 saturated carbocycles. The van der Waals surface area contributed by atoms with Crippen LogP contribution in [0.3, 0.4) is 0 Å². The Kier molecular flexibility index (Phi) is 7.10. The predicted molar refractivity (Wildman–Crippen MR) is 149 cm³/mol. The number of carbonyl (C=O) groups excluding carboxylic acids is 1. The van der Waals surface area contributed by atoms with E-state index in [1.54, 1.807) is 40.1 Å². The molecule has 0 aliphatic carbocycles. The molecule has 5 aromatic rings. The van der Waals surface area contributed by atoms with Crippen molar-refractivity contribution in [2.75, 3.05) is 18.4 Å². The number of nitrogens with zero attached hydrogens (tertiary/aromatic N) is 7. The fourth-order valence-corrected chi connectivity index (χ4v) is 6.09. The molecule has 0 radical (unpaired) electrons. The van der Waals surface area contributed by atoms with E-state index < -0.39 is 11.4 Å². The van der Waals surface area contributed by atoms with Gasteiger partial charge in [-0.05, 0) is 50.1 Å². The molecule has 10 nitrogen and oxygen atoms in total. The van der Waals surface area contributed by atoms with Crippen molar-refractivity contribution in [3.8, 4) is 5.69 Å². The quantitative estimate of drug-likeness (QED) is 0.311. The Hall–Kier alpha value is -4.06. The van der Waals surface area contributed by atoms with Crippen LogP contribution in [0.1, 0.15) is 45.9 Å². The van der Waals surface area contributed by atoms with E-state index in [4.69, 9.17) is 5.10 Å². The third-order valence-electron chi connectivity index (χ3n) is 6.97. The highest BCUT2D eigenvalue weighted by Crippen LogP contribution is 2.32. The first kappa shape index (κ1) is 25.2. The molecule has 1 N–H and O–H groups in total. The third-order valence-corrected chi connectivity index (χ3v) is 8.49. The molecule has 1 aromatic carbocycles. The predicted octanol–water partition coefficient (Wildman–Crippen LogP) is 3.91. The number of amides is 1. The third kappa shape index (κ3) is 5.42. The molecule has 1 amide bonds. The summed E-state index contributed by atoms with van der Waals surface area (Å²) in [6.45, 7) is 3.47. The SMILES string of the molecule is Cc1ccc(-n2nc(C3CCN([S+]([O-])Cc4ccncc4)CC3)cc2NC(=O)c2cnn3cccnc23)cc1. The standard InChI is InChI=1S/C28H28N8O2S/c1-20-3-5-23(6-4-20)36-26(32-28(37)24-18-31-35-14-2-11-30-27(24)35)17-25(33-36)22-9-15-34(16-10-22)39(38)19-21-7-12-29-13-8-21/h2-8,11-14,17-18,22H,9-10,15-16,19H2,1H3,(H,32,37). The summed E-state index contributed by atoms with van der Waals surface area (Å²) in [5.41, 5.74) is 4.80. The lowest BCUT2D eigenvalue weighted by Gasteiger charge is -2.31. The van der Waals surface area contributed by atoms with Crippen LogP contribution in [0, 0.1) is 6.92 Å². The highest BCUT2D eigenvalue weighted by atomic mass is 32.2. The summed E-state index contributed by atoms with van der Waals surface area (Å²) in [4.78, 5) is 21.6. The lowest BCUT2D eigenvalue weighted by atomic mass is 9.95. The van der Waals surface area contributed by atoms with E-state index in [2.05, 4.69) is 20.4 Å². The summed E-state index contributed by atoms with van der Waals surface area (Å²) >= 11 is -1.09. The molecular formula is C28H28N8O2S. The van der Waals surface area contributed by atoms with Crippen LogP contribution in [-0.4, -0.2) is 57.2 Å². The second-order valence-corrected chi connectivity index (χ2v) is 11.1. The van der Waals surface area contributed by atoms with Crippen LogP contribution >= 0.6 is 0 Å². The molecule has 1 atom stereocenters. The average molecular weight is 541 g/mol. The Bertz CT molecular complexity index is 1580. The fourth-order valence-electron chi connectivity index (χ4n) is 4.81. The van der Waals surface area contributed by atoms with Gasteiger partial charge in [-0.2, -0.15) is 10.2 Å². The van der Waals surface area contributed by atoms with Crippen molar-refractivity contribution < 1.29 is 9.35 Å². The van der Waals surface area contributed by atoms with Crippen LogP contribution in [-0.2, 0) is 17.1 Å². The van der Waals surface area contributed by atoms with Gasteiger partial charge in [0.15, 0.2) is 11.4 Å². The Balaban J connectivity index is 1.21. The number of hydrogen-bond acceptors (Lipinski definition) is 7. The lowest BCUT2D eigenvalue weighted by Crippen LogP contribution is -2.38. The molecule has 6 rings (SSSR count). The molecule has 5 heterocycles. The number of carbonyl (C=O) groups is 1. The number of pyridine rings is 1. The lowest BCUT2D eigenvalue weighted by molar-refractivity contribution is 0.102. The highest BCUT2D eigenvalue weighted by molar-refractivity contribution is 7.88. The average Bonchev–Trinajstić information content (AvgIpc) is 3.59. The van der Waals surface area contributed by atoms with E-state index in [-0.39, 0.29) is 11.8 Å². The van der Waals surface area contributed by atoms with Crippen molar-refractivity contribution in [3.05, 3.63) is 102 Å². The van der Waals surface area contributed by atoms with Crippen molar-refractivity contribution in [3.63, 3.8) is 0 Å². The Labute approximate surface area is 229 Å². The summed E-state index contributed by atoms with van der Waals surface area (Å²) in [5, 5.41) is 12.2. The van der Waals surface area contributed by atoms with Gasteiger partial charge < -0.3 is 9.87 Å². The van der Waals surface area contributed by atoms with Crippen molar-refractivity contribution in [2.24, 2.45) is 0 Å². The van der Waals surface area contributed by atoms with Crippen LogP contribution in [0.25, 0.3) is 11.3 Å². The van der Waals surface area contributed by atoms with Gasteiger partial charge in [0.25, 0.3) is 5.91 Å².